The maximum absolute atomic E-state index is 10.1. The molecule has 4 nitrogen and oxygen atoms in total. The minimum Gasteiger partial charge on any atom is -0.394 e. The summed E-state index contributed by atoms with van der Waals surface area (Å²) in [4.78, 5) is 0. The van der Waals surface area contributed by atoms with E-state index in [2.05, 4.69) is 42.2 Å². The van der Waals surface area contributed by atoms with Crippen LogP contribution in [0.4, 0.5) is 0 Å². The fourth-order valence-corrected chi connectivity index (χ4v) is 4.39. The molecule has 2 saturated heterocycles. The Morgan fingerprint density at radius 2 is 1.81 bits per heavy atom. The number of rotatable bonds is 4. The molecule has 0 aliphatic carbocycles. The van der Waals surface area contributed by atoms with Gasteiger partial charge in [0.25, 0.3) is 0 Å². The van der Waals surface area contributed by atoms with Crippen LogP contribution in [0.2, 0.25) is 5.02 Å². The lowest BCUT2D eigenvalue weighted by Crippen LogP contribution is -2.33. The molecule has 0 bridgehead atoms. The zero-order valence-corrected chi connectivity index (χ0v) is 18.4. The van der Waals surface area contributed by atoms with Crippen molar-refractivity contribution in [1.82, 2.24) is 0 Å². The van der Waals surface area contributed by atoms with Gasteiger partial charge in [0, 0.05) is 42.6 Å². The van der Waals surface area contributed by atoms with Crippen molar-refractivity contribution < 1.29 is 19.7 Å². The molecule has 3 unspecified atom stereocenters. The summed E-state index contributed by atoms with van der Waals surface area (Å²) in [5, 5.41) is 20.3. The molecule has 2 heterocycles. The highest BCUT2D eigenvalue weighted by Gasteiger charge is 2.29. The number of hydrogen-bond donors (Lipinski definition) is 2. The van der Waals surface area contributed by atoms with Crippen LogP contribution in [0, 0.1) is 17.8 Å². The normalized spacial score (nSPS) is 24.4. The third-order valence-corrected chi connectivity index (χ3v) is 6.38. The number of ether oxygens (including phenoxy) is 2. The van der Waals surface area contributed by atoms with Crippen LogP contribution in [-0.4, -0.2) is 42.2 Å². The molecular formula is C26H29ClO4. The predicted octanol–water partition coefficient (Wildman–Crippen LogP) is 4.28. The minimum atomic E-state index is -0.468. The topological polar surface area (TPSA) is 58.9 Å². The highest BCUT2D eigenvalue weighted by Crippen LogP contribution is 2.33. The van der Waals surface area contributed by atoms with Gasteiger partial charge in [-0.15, -0.1) is 0 Å². The van der Waals surface area contributed by atoms with Crippen molar-refractivity contribution in [2.24, 2.45) is 5.92 Å². The number of benzene rings is 2. The van der Waals surface area contributed by atoms with Crippen molar-refractivity contribution in [3.05, 3.63) is 69.7 Å². The Bertz CT molecular complexity index is 925. The lowest BCUT2D eigenvalue weighted by molar-refractivity contribution is -0.113. The van der Waals surface area contributed by atoms with E-state index in [0.717, 1.165) is 48.3 Å². The van der Waals surface area contributed by atoms with E-state index >= 15 is 0 Å². The summed E-state index contributed by atoms with van der Waals surface area (Å²) in [5.74, 6) is 7.09. The van der Waals surface area contributed by atoms with Crippen LogP contribution >= 0.6 is 11.6 Å². The SMILES string of the molecule is OCC1CC(O)CC(c2ccc(Cl)c(Cc3ccc(C#CC4CCOCC4)cc3)c2)O1. The summed E-state index contributed by atoms with van der Waals surface area (Å²) in [7, 11) is 0. The molecule has 0 aromatic heterocycles. The Balaban J connectivity index is 1.44. The molecular weight excluding hydrogens is 412 g/mol. The van der Waals surface area contributed by atoms with Gasteiger partial charge in [-0.05, 0) is 54.2 Å². The molecule has 5 heteroatoms. The van der Waals surface area contributed by atoms with E-state index in [0.29, 0.717) is 30.2 Å². The quantitative estimate of drug-likeness (QED) is 0.696. The lowest BCUT2D eigenvalue weighted by atomic mass is 9.94. The van der Waals surface area contributed by atoms with Crippen molar-refractivity contribution in [1.29, 1.82) is 0 Å². The predicted molar refractivity (Wildman–Crippen MR) is 121 cm³/mol. The van der Waals surface area contributed by atoms with E-state index in [4.69, 9.17) is 21.1 Å². The Labute approximate surface area is 189 Å². The van der Waals surface area contributed by atoms with Crippen molar-refractivity contribution >= 4 is 11.6 Å². The maximum atomic E-state index is 10.1. The molecule has 164 valence electrons. The van der Waals surface area contributed by atoms with Gasteiger partial charge < -0.3 is 19.7 Å². The van der Waals surface area contributed by atoms with Crippen molar-refractivity contribution in [3.63, 3.8) is 0 Å². The molecule has 31 heavy (non-hydrogen) atoms. The van der Waals surface area contributed by atoms with Crippen LogP contribution in [-0.2, 0) is 15.9 Å². The van der Waals surface area contributed by atoms with E-state index in [-0.39, 0.29) is 18.8 Å². The highest BCUT2D eigenvalue weighted by molar-refractivity contribution is 6.31. The first kappa shape index (κ1) is 22.3. The first-order valence-electron chi connectivity index (χ1n) is 11.0. The van der Waals surface area contributed by atoms with E-state index < -0.39 is 6.10 Å². The Morgan fingerprint density at radius 3 is 2.55 bits per heavy atom. The van der Waals surface area contributed by atoms with Gasteiger partial charge >= 0.3 is 0 Å². The Morgan fingerprint density at radius 1 is 1.03 bits per heavy atom. The molecule has 0 radical (unpaired) electrons. The number of hydrogen-bond acceptors (Lipinski definition) is 4. The van der Waals surface area contributed by atoms with Crippen molar-refractivity contribution in [2.75, 3.05) is 19.8 Å². The summed E-state index contributed by atoms with van der Waals surface area (Å²) in [6, 6.07) is 14.2. The molecule has 0 saturated carbocycles. The van der Waals surface area contributed by atoms with Gasteiger partial charge in [-0.2, -0.15) is 0 Å². The largest absolute Gasteiger partial charge is 0.394 e. The zero-order chi connectivity index (χ0) is 21.6. The third kappa shape index (κ3) is 6.10. The van der Waals surface area contributed by atoms with Gasteiger partial charge in [0.15, 0.2) is 0 Å². The molecule has 2 fully saturated rings. The molecule has 2 aromatic carbocycles. The molecule has 0 amide bonds. The second-order valence-corrected chi connectivity index (χ2v) is 8.84. The summed E-state index contributed by atoms with van der Waals surface area (Å²) >= 11 is 6.47. The standard InChI is InChI=1S/C26H29ClO4/c27-25-8-7-21(26-16-23(29)15-24(17-28)31-26)14-22(25)13-20-5-3-18(4-6-20)1-2-19-9-11-30-12-10-19/h3-8,14,19,23-24,26,28-29H,9-13,15-17H2. The summed E-state index contributed by atoms with van der Waals surface area (Å²) in [6.45, 7) is 1.53. The van der Waals surface area contributed by atoms with Gasteiger partial charge in [-0.1, -0.05) is 47.7 Å². The molecule has 2 aliphatic rings. The summed E-state index contributed by atoms with van der Waals surface area (Å²) in [5.41, 5.74) is 4.18. The average molecular weight is 441 g/mol. The fourth-order valence-electron chi connectivity index (χ4n) is 4.21. The first-order valence-corrected chi connectivity index (χ1v) is 11.4. The Kier molecular flexibility index (Phi) is 7.66. The van der Waals surface area contributed by atoms with Gasteiger partial charge in [0.05, 0.1) is 24.9 Å². The van der Waals surface area contributed by atoms with E-state index in [1.165, 1.54) is 0 Å². The van der Waals surface area contributed by atoms with Crippen molar-refractivity contribution in [2.45, 2.75) is 50.4 Å². The second-order valence-electron chi connectivity index (χ2n) is 8.44. The van der Waals surface area contributed by atoms with Crippen LogP contribution in [0.15, 0.2) is 42.5 Å². The molecule has 3 atom stereocenters. The van der Waals surface area contributed by atoms with Gasteiger partial charge in [0.1, 0.15) is 0 Å². The van der Waals surface area contributed by atoms with E-state index in [1.54, 1.807) is 0 Å². The monoisotopic (exact) mass is 440 g/mol. The van der Waals surface area contributed by atoms with Gasteiger partial charge in [0.2, 0.25) is 0 Å². The first-order chi connectivity index (χ1) is 15.1. The smallest absolute Gasteiger partial charge is 0.0854 e. The molecule has 2 aliphatic heterocycles. The van der Waals surface area contributed by atoms with Crippen LogP contribution in [0.1, 0.15) is 54.0 Å². The van der Waals surface area contributed by atoms with Crippen LogP contribution < -0.4 is 0 Å². The minimum absolute atomic E-state index is 0.0855. The Hall–Kier alpha value is -1.87. The number of halogens is 1. The molecule has 2 N–H and O–H groups in total. The van der Waals surface area contributed by atoms with Crippen LogP contribution in [0.25, 0.3) is 0 Å². The number of aliphatic hydroxyl groups excluding tert-OH is 2. The number of aliphatic hydroxyl groups is 2. The summed E-state index contributed by atoms with van der Waals surface area (Å²) < 4.78 is 11.3. The van der Waals surface area contributed by atoms with Gasteiger partial charge in [-0.25, -0.2) is 0 Å². The fraction of sp³-hybridized carbons (Fsp3) is 0.462. The molecule has 4 rings (SSSR count). The van der Waals surface area contributed by atoms with Gasteiger partial charge in [-0.3, -0.25) is 0 Å². The highest BCUT2D eigenvalue weighted by atomic mass is 35.5. The van der Waals surface area contributed by atoms with Crippen molar-refractivity contribution in [3.8, 4) is 11.8 Å². The molecule has 0 spiro atoms. The molecule has 2 aromatic rings. The van der Waals surface area contributed by atoms with Crippen LogP contribution in [0.3, 0.4) is 0 Å². The third-order valence-electron chi connectivity index (χ3n) is 6.01. The zero-order valence-electron chi connectivity index (χ0n) is 17.6. The van der Waals surface area contributed by atoms with E-state index in [9.17, 15) is 10.2 Å². The van der Waals surface area contributed by atoms with E-state index in [1.807, 2.05) is 12.1 Å². The summed E-state index contributed by atoms with van der Waals surface area (Å²) in [6.07, 6.45) is 2.70. The lowest BCUT2D eigenvalue weighted by Gasteiger charge is -2.32. The maximum Gasteiger partial charge on any atom is 0.0854 e. The van der Waals surface area contributed by atoms with Crippen LogP contribution in [0.5, 0.6) is 0 Å². The average Bonchev–Trinajstić information content (AvgIpc) is 2.80. The second kappa shape index (κ2) is 10.6.